The highest BCUT2D eigenvalue weighted by molar-refractivity contribution is 7.89. The number of carbonyl (C=O) groups excluding carboxylic acids is 1. The van der Waals surface area contributed by atoms with Crippen molar-refractivity contribution in [2.75, 3.05) is 11.9 Å². The number of carbonyl (C=O) groups is 1. The molecule has 2 N–H and O–H groups in total. The third kappa shape index (κ3) is 3.86. The van der Waals surface area contributed by atoms with Crippen LogP contribution in [0, 0.1) is 6.92 Å². The molecule has 1 aromatic heterocycles. The fourth-order valence-corrected chi connectivity index (χ4v) is 5.17. The number of fused-ring (bicyclic) bond motifs is 1. The van der Waals surface area contributed by atoms with Crippen molar-refractivity contribution >= 4 is 33.0 Å². The Hall–Kier alpha value is -1.90. The van der Waals surface area contributed by atoms with E-state index in [1.54, 1.807) is 13.0 Å². The van der Waals surface area contributed by atoms with Gasteiger partial charge in [0.05, 0.1) is 16.6 Å². The first-order valence-corrected chi connectivity index (χ1v) is 10.4. The first kappa shape index (κ1) is 17.9. The number of thiophene rings is 1. The summed E-state index contributed by atoms with van der Waals surface area (Å²) in [6.07, 6.45) is 1.58. The van der Waals surface area contributed by atoms with E-state index in [4.69, 9.17) is 4.74 Å². The second-order valence-electron chi connectivity index (χ2n) is 5.93. The maximum atomic E-state index is 12.9. The molecule has 1 amide bonds. The van der Waals surface area contributed by atoms with Gasteiger partial charge in [-0.25, -0.2) is 13.1 Å². The molecule has 0 aliphatic carbocycles. The van der Waals surface area contributed by atoms with Gasteiger partial charge in [-0.1, -0.05) is 19.4 Å². The average Bonchev–Trinajstić information content (AvgIpc) is 3.07. The highest BCUT2D eigenvalue weighted by Gasteiger charge is 2.26. The summed E-state index contributed by atoms with van der Waals surface area (Å²) in [5.74, 6) is 0.120. The summed E-state index contributed by atoms with van der Waals surface area (Å²) in [4.78, 5) is 12.6. The SMILES string of the molecule is CCC[C@H](NS(=O)(=O)c1cc2c(cc1C)NC(=O)CO2)c1cccs1. The van der Waals surface area contributed by atoms with Crippen LogP contribution in [0.25, 0.3) is 0 Å². The lowest BCUT2D eigenvalue weighted by Gasteiger charge is -2.22. The maximum absolute atomic E-state index is 12.9. The molecule has 2 heterocycles. The Morgan fingerprint density at radius 1 is 1.40 bits per heavy atom. The first-order valence-electron chi connectivity index (χ1n) is 8.03. The van der Waals surface area contributed by atoms with Crippen molar-refractivity contribution in [3.8, 4) is 5.75 Å². The van der Waals surface area contributed by atoms with Crippen LogP contribution >= 0.6 is 11.3 Å². The molecular weight excluding hydrogens is 360 g/mol. The van der Waals surface area contributed by atoms with Gasteiger partial charge in [0, 0.05) is 10.9 Å². The van der Waals surface area contributed by atoms with E-state index < -0.39 is 10.0 Å². The zero-order valence-electron chi connectivity index (χ0n) is 14.0. The summed E-state index contributed by atoms with van der Waals surface area (Å²) in [6.45, 7) is 3.61. The van der Waals surface area contributed by atoms with Crippen LogP contribution in [0.5, 0.6) is 5.75 Å². The number of hydrogen-bond acceptors (Lipinski definition) is 5. The standard InChI is InChI=1S/C17H20N2O4S2/c1-3-5-12(15-6-4-7-24-15)19-25(21,22)16-9-14-13(8-11(16)2)18-17(20)10-23-14/h4,6-9,12,19H,3,5,10H2,1-2H3,(H,18,20)/t12-/m0/s1. The predicted octanol–water partition coefficient (Wildman–Crippen LogP) is 3.21. The van der Waals surface area contributed by atoms with E-state index in [1.165, 1.54) is 17.4 Å². The number of rotatable bonds is 6. The topological polar surface area (TPSA) is 84.5 Å². The Kier molecular flexibility index (Phi) is 5.12. The van der Waals surface area contributed by atoms with Crippen LogP contribution in [0.3, 0.4) is 0 Å². The molecule has 1 atom stereocenters. The molecule has 1 aliphatic heterocycles. The molecule has 0 radical (unpaired) electrons. The zero-order valence-corrected chi connectivity index (χ0v) is 15.7. The molecule has 2 aromatic rings. The molecule has 134 valence electrons. The lowest BCUT2D eigenvalue weighted by Crippen LogP contribution is -2.30. The predicted molar refractivity (Wildman–Crippen MR) is 97.6 cm³/mol. The molecule has 0 unspecified atom stereocenters. The minimum atomic E-state index is -3.72. The van der Waals surface area contributed by atoms with Crippen molar-refractivity contribution < 1.29 is 17.9 Å². The van der Waals surface area contributed by atoms with Crippen molar-refractivity contribution in [1.82, 2.24) is 4.72 Å². The van der Waals surface area contributed by atoms with Crippen molar-refractivity contribution in [2.45, 2.75) is 37.6 Å². The molecular formula is C17H20N2O4S2. The van der Waals surface area contributed by atoms with Crippen LogP contribution in [0.2, 0.25) is 0 Å². The smallest absolute Gasteiger partial charge is 0.262 e. The number of sulfonamides is 1. The van der Waals surface area contributed by atoms with Gasteiger partial charge >= 0.3 is 0 Å². The van der Waals surface area contributed by atoms with E-state index >= 15 is 0 Å². The number of aryl methyl sites for hydroxylation is 1. The monoisotopic (exact) mass is 380 g/mol. The normalized spacial score (nSPS) is 15.2. The molecule has 0 bridgehead atoms. The van der Waals surface area contributed by atoms with Crippen LogP contribution in [0.4, 0.5) is 5.69 Å². The Labute approximate surface area is 151 Å². The second kappa shape index (κ2) is 7.15. The lowest BCUT2D eigenvalue weighted by atomic mass is 10.1. The van der Waals surface area contributed by atoms with E-state index in [0.29, 0.717) is 17.0 Å². The third-order valence-corrected chi connectivity index (χ3v) is 6.56. The Morgan fingerprint density at radius 2 is 2.20 bits per heavy atom. The Bertz CT molecular complexity index is 876. The van der Waals surface area contributed by atoms with Crippen LogP contribution < -0.4 is 14.8 Å². The number of ether oxygens (including phenoxy) is 1. The van der Waals surface area contributed by atoms with Gasteiger partial charge in [-0.2, -0.15) is 0 Å². The molecule has 0 spiro atoms. The minimum Gasteiger partial charge on any atom is -0.482 e. The molecule has 0 saturated carbocycles. The van der Waals surface area contributed by atoms with E-state index in [2.05, 4.69) is 10.0 Å². The largest absolute Gasteiger partial charge is 0.482 e. The molecule has 25 heavy (non-hydrogen) atoms. The zero-order chi connectivity index (χ0) is 18.0. The van der Waals surface area contributed by atoms with Crippen LogP contribution in [-0.2, 0) is 14.8 Å². The lowest BCUT2D eigenvalue weighted by molar-refractivity contribution is -0.118. The van der Waals surface area contributed by atoms with Crippen molar-refractivity contribution in [3.63, 3.8) is 0 Å². The van der Waals surface area contributed by atoms with Crippen LogP contribution in [-0.4, -0.2) is 20.9 Å². The molecule has 8 heteroatoms. The van der Waals surface area contributed by atoms with Crippen molar-refractivity contribution in [2.24, 2.45) is 0 Å². The van der Waals surface area contributed by atoms with Gasteiger partial charge in [0.15, 0.2) is 6.61 Å². The van der Waals surface area contributed by atoms with Gasteiger partial charge in [-0.05, 0) is 36.4 Å². The molecule has 3 rings (SSSR count). The van der Waals surface area contributed by atoms with Crippen molar-refractivity contribution in [1.29, 1.82) is 0 Å². The fraction of sp³-hybridized carbons (Fsp3) is 0.353. The highest BCUT2D eigenvalue weighted by atomic mass is 32.2. The third-order valence-electron chi connectivity index (χ3n) is 3.96. The van der Waals surface area contributed by atoms with E-state index in [9.17, 15) is 13.2 Å². The van der Waals surface area contributed by atoms with Gasteiger partial charge in [-0.3, -0.25) is 4.79 Å². The van der Waals surface area contributed by atoms with Gasteiger partial charge < -0.3 is 10.1 Å². The summed E-state index contributed by atoms with van der Waals surface area (Å²) in [7, 11) is -3.72. The Morgan fingerprint density at radius 3 is 2.88 bits per heavy atom. The van der Waals surface area contributed by atoms with E-state index in [1.807, 2.05) is 24.4 Å². The first-order chi connectivity index (χ1) is 11.9. The highest BCUT2D eigenvalue weighted by Crippen LogP contribution is 2.34. The van der Waals surface area contributed by atoms with Crippen LogP contribution in [0.15, 0.2) is 34.5 Å². The average molecular weight is 380 g/mol. The number of hydrogen-bond donors (Lipinski definition) is 2. The number of amides is 1. The summed E-state index contributed by atoms with van der Waals surface area (Å²) in [6, 6.07) is 6.69. The van der Waals surface area contributed by atoms with E-state index in [-0.39, 0.29) is 23.5 Å². The van der Waals surface area contributed by atoms with Gasteiger partial charge in [-0.15, -0.1) is 11.3 Å². The van der Waals surface area contributed by atoms with E-state index in [0.717, 1.165) is 17.7 Å². The number of benzene rings is 1. The molecule has 0 saturated heterocycles. The van der Waals surface area contributed by atoms with Gasteiger partial charge in [0.1, 0.15) is 5.75 Å². The van der Waals surface area contributed by atoms with Gasteiger partial charge in [0.2, 0.25) is 10.0 Å². The van der Waals surface area contributed by atoms with Gasteiger partial charge in [0.25, 0.3) is 5.91 Å². The van der Waals surface area contributed by atoms with Crippen LogP contribution in [0.1, 0.15) is 36.2 Å². The summed E-state index contributed by atoms with van der Waals surface area (Å²) < 4.78 is 34.0. The fourth-order valence-electron chi connectivity index (χ4n) is 2.79. The summed E-state index contributed by atoms with van der Waals surface area (Å²) in [5, 5.41) is 4.62. The molecule has 0 fully saturated rings. The Balaban J connectivity index is 1.93. The number of nitrogens with one attached hydrogen (secondary N) is 2. The molecule has 6 nitrogen and oxygen atoms in total. The quantitative estimate of drug-likeness (QED) is 0.806. The summed E-state index contributed by atoms with van der Waals surface area (Å²) in [5.41, 5.74) is 1.05. The molecule has 1 aromatic carbocycles. The van der Waals surface area contributed by atoms with Crippen molar-refractivity contribution in [3.05, 3.63) is 40.1 Å². The minimum absolute atomic E-state index is 0.114. The summed E-state index contributed by atoms with van der Waals surface area (Å²) >= 11 is 1.54. The number of anilines is 1. The molecule has 1 aliphatic rings. The maximum Gasteiger partial charge on any atom is 0.262 e. The second-order valence-corrected chi connectivity index (χ2v) is 8.59.